The highest BCUT2D eigenvalue weighted by molar-refractivity contribution is 7.99. The Morgan fingerprint density at radius 1 is 1.53 bits per heavy atom. The molecule has 1 fully saturated rings. The molecule has 0 spiro atoms. The van der Waals surface area contributed by atoms with Crippen molar-refractivity contribution in [3.05, 3.63) is 23.8 Å². The first kappa shape index (κ1) is 14.2. The molecule has 4 nitrogen and oxygen atoms in total. The predicted octanol–water partition coefficient (Wildman–Crippen LogP) is 1.57. The lowest BCUT2D eigenvalue weighted by atomic mass is 10.1. The number of hydrogen-bond donors (Lipinski definition) is 2. The lowest BCUT2D eigenvalue weighted by Gasteiger charge is -2.23. The minimum absolute atomic E-state index is 0.0342. The molecule has 0 saturated carbocycles. The van der Waals surface area contributed by atoms with Gasteiger partial charge in [-0.2, -0.15) is 0 Å². The average molecular weight is 279 g/mol. The smallest absolute Gasteiger partial charge is 0.222 e. The van der Waals surface area contributed by atoms with Gasteiger partial charge in [-0.15, -0.1) is 11.8 Å². The summed E-state index contributed by atoms with van der Waals surface area (Å²) in [7, 11) is 0. The van der Waals surface area contributed by atoms with Gasteiger partial charge >= 0.3 is 0 Å². The van der Waals surface area contributed by atoms with Gasteiger partial charge in [0.15, 0.2) is 0 Å². The average Bonchev–Trinajstić information content (AvgIpc) is 2.88. The van der Waals surface area contributed by atoms with E-state index < -0.39 is 0 Å². The number of primary amides is 1. The molecule has 104 valence electrons. The van der Waals surface area contributed by atoms with Crippen molar-refractivity contribution in [2.75, 3.05) is 23.7 Å². The summed E-state index contributed by atoms with van der Waals surface area (Å²) in [6.45, 7) is 4.25. The van der Waals surface area contributed by atoms with E-state index in [4.69, 9.17) is 11.5 Å². The van der Waals surface area contributed by atoms with Gasteiger partial charge in [0.25, 0.3) is 0 Å². The van der Waals surface area contributed by atoms with Gasteiger partial charge in [0.1, 0.15) is 0 Å². The zero-order valence-electron chi connectivity index (χ0n) is 11.3. The molecule has 0 aromatic heterocycles. The molecule has 1 aliphatic rings. The molecule has 4 N–H and O–H groups in total. The molecule has 1 aromatic rings. The van der Waals surface area contributed by atoms with Crippen LogP contribution in [0.3, 0.4) is 0 Å². The molecule has 1 saturated heterocycles. The Balaban J connectivity index is 2.25. The summed E-state index contributed by atoms with van der Waals surface area (Å²) in [6, 6.07) is 6.26. The third-order valence-electron chi connectivity index (χ3n) is 3.54. The Labute approximate surface area is 118 Å². The lowest BCUT2D eigenvalue weighted by molar-refractivity contribution is -0.121. The van der Waals surface area contributed by atoms with Crippen LogP contribution in [0.5, 0.6) is 0 Å². The Kier molecular flexibility index (Phi) is 4.71. The topological polar surface area (TPSA) is 72.3 Å². The Hall–Kier alpha value is -1.20. The van der Waals surface area contributed by atoms with Crippen molar-refractivity contribution in [3.63, 3.8) is 0 Å². The first-order valence-electron chi connectivity index (χ1n) is 6.66. The molecule has 1 heterocycles. The van der Waals surface area contributed by atoms with Crippen LogP contribution in [0.1, 0.15) is 18.9 Å². The van der Waals surface area contributed by atoms with Gasteiger partial charge in [0, 0.05) is 35.8 Å². The second-order valence-electron chi connectivity index (χ2n) is 4.72. The van der Waals surface area contributed by atoms with Crippen molar-refractivity contribution in [1.29, 1.82) is 0 Å². The van der Waals surface area contributed by atoms with Crippen molar-refractivity contribution < 1.29 is 4.79 Å². The zero-order chi connectivity index (χ0) is 13.8. The van der Waals surface area contributed by atoms with Crippen LogP contribution in [0.4, 0.5) is 5.69 Å². The van der Waals surface area contributed by atoms with E-state index >= 15 is 0 Å². The van der Waals surface area contributed by atoms with Gasteiger partial charge < -0.3 is 16.4 Å². The van der Waals surface area contributed by atoms with Crippen LogP contribution >= 0.6 is 11.8 Å². The summed E-state index contributed by atoms with van der Waals surface area (Å²) in [5, 5.41) is 0. The Morgan fingerprint density at radius 2 is 2.32 bits per heavy atom. The van der Waals surface area contributed by atoms with Crippen molar-refractivity contribution in [2.24, 2.45) is 17.4 Å². The molecule has 0 bridgehead atoms. The van der Waals surface area contributed by atoms with Gasteiger partial charge in [0.2, 0.25) is 5.91 Å². The van der Waals surface area contributed by atoms with Crippen LogP contribution in [0.2, 0.25) is 0 Å². The first-order valence-corrected chi connectivity index (χ1v) is 7.65. The number of carbonyl (C=O) groups is 1. The van der Waals surface area contributed by atoms with E-state index in [1.807, 2.05) is 11.8 Å². The number of amides is 1. The highest BCUT2D eigenvalue weighted by Crippen LogP contribution is 2.33. The molecule has 19 heavy (non-hydrogen) atoms. The van der Waals surface area contributed by atoms with Gasteiger partial charge in [0.05, 0.1) is 5.92 Å². The van der Waals surface area contributed by atoms with Crippen LogP contribution in [0, 0.1) is 5.92 Å². The second-order valence-corrected chi connectivity index (χ2v) is 6.03. The summed E-state index contributed by atoms with van der Waals surface area (Å²) in [6.07, 6.45) is 0.838. The van der Waals surface area contributed by atoms with Crippen LogP contribution in [0.25, 0.3) is 0 Å². The highest BCUT2D eigenvalue weighted by Gasteiger charge is 2.28. The number of anilines is 1. The number of thioether (sulfide) groups is 1. The summed E-state index contributed by atoms with van der Waals surface area (Å²) in [5.74, 6) is 0.796. The van der Waals surface area contributed by atoms with Gasteiger partial charge in [-0.05, 0) is 24.3 Å². The summed E-state index contributed by atoms with van der Waals surface area (Å²) in [5.41, 5.74) is 13.6. The van der Waals surface area contributed by atoms with E-state index in [1.54, 1.807) is 0 Å². The fraction of sp³-hybridized carbons (Fsp3) is 0.500. The third kappa shape index (κ3) is 3.04. The standard InChI is InChI=1S/C14H21N3OS/c1-2-19-13-5-3-4-12(11(13)8-15)17-7-6-10(9-17)14(16)18/h3-5,10H,2,6-9,15H2,1H3,(H2,16,18). The summed E-state index contributed by atoms with van der Waals surface area (Å²) < 4.78 is 0. The normalized spacial score (nSPS) is 18.8. The molecule has 1 atom stereocenters. The van der Waals surface area contributed by atoms with E-state index in [1.165, 1.54) is 10.5 Å². The van der Waals surface area contributed by atoms with Crippen LogP contribution in [0.15, 0.2) is 23.1 Å². The van der Waals surface area contributed by atoms with Gasteiger partial charge in [-0.25, -0.2) is 0 Å². The van der Waals surface area contributed by atoms with Gasteiger partial charge in [-0.3, -0.25) is 4.79 Å². The molecular formula is C14H21N3OS. The Morgan fingerprint density at radius 3 is 2.89 bits per heavy atom. The van der Waals surface area contributed by atoms with Crippen LogP contribution in [-0.4, -0.2) is 24.7 Å². The molecular weight excluding hydrogens is 258 g/mol. The molecule has 2 rings (SSSR count). The molecule has 1 unspecified atom stereocenters. The molecule has 1 aromatic carbocycles. The highest BCUT2D eigenvalue weighted by atomic mass is 32.2. The molecule has 1 amide bonds. The van der Waals surface area contributed by atoms with E-state index in [0.29, 0.717) is 13.1 Å². The maximum atomic E-state index is 11.3. The lowest BCUT2D eigenvalue weighted by Crippen LogP contribution is -2.28. The number of benzene rings is 1. The van der Waals surface area contributed by atoms with Crippen LogP contribution in [-0.2, 0) is 11.3 Å². The number of rotatable bonds is 5. The predicted molar refractivity (Wildman–Crippen MR) is 80.2 cm³/mol. The van der Waals surface area contributed by atoms with E-state index in [2.05, 4.69) is 30.0 Å². The number of hydrogen-bond acceptors (Lipinski definition) is 4. The van der Waals surface area contributed by atoms with Crippen LogP contribution < -0.4 is 16.4 Å². The third-order valence-corrected chi connectivity index (χ3v) is 4.53. The largest absolute Gasteiger partial charge is 0.370 e. The minimum atomic E-state index is -0.198. The summed E-state index contributed by atoms with van der Waals surface area (Å²) >= 11 is 1.81. The van der Waals surface area contributed by atoms with Crippen molar-refractivity contribution in [3.8, 4) is 0 Å². The maximum Gasteiger partial charge on any atom is 0.222 e. The molecule has 5 heteroatoms. The quantitative estimate of drug-likeness (QED) is 0.803. The first-order chi connectivity index (χ1) is 9.17. The van der Waals surface area contributed by atoms with Crippen molar-refractivity contribution >= 4 is 23.4 Å². The molecule has 0 radical (unpaired) electrons. The number of nitrogens with two attached hydrogens (primary N) is 2. The fourth-order valence-corrected chi connectivity index (χ4v) is 3.41. The Bertz CT molecular complexity index is 464. The zero-order valence-corrected chi connectivity index (χ0v) is 12.1. The van der Waals surface area contributed by atoms with Gasteiger partial charge in [-0.1, -0.05) is 13.0 Å². The fourth-order valence-electron chi connectivity index (χ4n) is 2.56. The van der Waals surface area contributed by atoms with Crippen molar-refractivity contribution in [2.45, 2.75) is 24.8 Å². The SMILES string of the molecule is CCSc1cccc(N2CCC(C(N)=O)C2)c1CN. The summed E-state index contributed by atoms with van der Waals surface area (Å²) in [4.78, 5) is 14.7. The molecule has 0 aliphatic carbocycles. The maximum absolute atomic E-state index is 11.3. The van der Waals surface area contributed by atoms with E-state index in [9.17, 15) is 4.79 Å². The molecule has 1 aliphatic heterocycles. The van der Waals surface area contributed by atoms with E-state index in [-0.39, 0.29) is 11.8 Å². The number of carbonyl (C=O) groups excluding carboxylic acids is 1. The minimum Gasteiger partial charge on any atom is -0.370 e. The monoisotopic (exact) mass is 279 g/mol. The van der Waals surface area contributed by atoms with E-state index in [0.717, 1.165) is 24.4 Å². The number of nitrogens with zero attached hydrogens (tertiary/aromatic N) is 1. The van der Waals surface area contributed by atoms with Crippen molar-refractivity contribution in [1.82, 2.24) is 0 Å². The second kappa shape index (κ2) is 6.30.